The molecule has 0 spiro atoms. The number of phenols is 1. The van der Waals surface area contributed by atoms with Gasteiger partial charge in [-0.15, -0.1) is 0 Å². The summed E-state index contributed by atoms with van der Waals surface area (Å²) in [6.45, 7) is 3.51. The number of anilines is 3. The number of aromatic hydroxyl groups is 1. The topological polar surface area (TPSA) is 78.5 Å². The van der Waals surface area contributed by atoms with Crippen LogP contribution in [0.2, 0.25) is 0 Å². The van der Waals surface area contributed by atoms with E-state index in [2.05, 4.69) is 20.9 Å². The number of nitrogens with two attached hydrogens (primary N) is 1. The van der Waals surface area contributed by atoms with Gasteiger partial charge in [0.25, 0.3) is 0 Å². The Bertz CT molecular complexity index is 1030. The van der Waals surface area contributed by atoms with E-state index in [0.717, 1.165) is 59.7 Å². The number of piperidine rings is 1. The summed E-state index contributed by atoms with van der Waals surface area (Å²) in [5, 5.41) is 12.4. The summed E-state index contributed by atoms with van der Waals surface area (Å²) in [6.07, 6.45) is 4.45. The minimum atomic E-state index is 0.288. The number of fused-ring (bicyclic) bond motifs is 2. The van der Waals surface area contributed by atoms with Crippen LogP contribution >= 0.6 is 0 Å². The zero-order valence-corrected chi connectivity index (χ0v) is 15.9. The van der Waals surface area contributed by atoms with Crippen LogP contribution in [0.3, 0.4) is 0 Å². The van der Waals surface area contributed by atoms with Crippen molar-refractivity contribution in [1.29, 1.82) is 0 Å². The molecule has 2 aliphatic heterocycles. The lowest BCUT2D eigenvalue weighted by molar-refractivity contribution is 0.476. The van der Waals surface area contributed by atoms with E-state index in [1.165, 1.54) is 19.3 Å². The number of benzene rings is 2. The molecule has 2 aliphatic rings. The average Bonchev–Trinajstić information content (AvgIpc) is 2.73. The van der Waals surface area contributed by atoms with E-state index in [0.29, 0.717) is 12.4 Å². The zero-order valence-electron chi connectivity index (χ0n) is 15.9. The Morgan fingerprint density at radius 2 is 1.75 bits per heavy atom. The summed E-state index contributed by atoms with van der Waals surface area (Å²) in [7, 11) is 0. The molecule has 6 nitrogen and oxygen atoms in total. The fourth-order valence-electron chi connectivity index (χ4n) is 4.42. The van der Waals surface area contributed by atoms with Crippen molar-refractivity contribution in [3.05, 3.63) is 47.7 Å². The summed E-state index contributed by atoms with van der Waals surface area (Å²) < 4.78 is 0. The number of phenolic OH excluding ortho intramolecular Hbond substituents is 1. The van der Waals surface area contributed by atoms with Crippen LogP contribution in [0.5, 0.6) is 5.75 Å². The third-order valence-corrected chi connectivity index (χ3v) is 5.89. The van der Waals surface area contributed by atoms with Gasteiger partial charge in [-0.3, -0.25) is 0 Å². The number of aromatic nitrogens is 2. The lowest BCUT2D eigenvalue weighted by atomic mass is 10.0. The van der Waals surface area contributed by atoms with Crippen molar-refractivity contribution in [2.45, 2.75) is 32.2 Å². The molecule has 1 aromatic heterocycles. The minimum absolute atomic E-state index is 0.288. The number of nitrogen functional groups attached to an aromatic ring is 1. The normalized spacial score (nSPS) is 17.0. The van der Waals surface area contributed by atoms with Crippen molar-refractivity contribution in [3.8, 4) is 5.75 Å². The second-order valence-electron chi connectivity index (χ2n) is 7.74. The molecule has 0 saturated carbocycles. The Balaban J connectivity index is 1.52. The monoisotopic (exact) mass is 375 g/mol. The van der Waals surface area contributed by atoms with Crippen LogP contribution in [0.4, 0.5) is 17.5 Å². The highest BCUT2D eigenvalue weighted by atomic mass is 16.3. The van der Waals surface area contributed by atoms with Gasteiger partial charge in [0.05, 0.1) is 12.2 Å². The lowest BCUT2D eigenvalue weighted by Crippen LogP contribution is -2.35. The molecule has 144 valence electrons. The molecule has 3 N–H and O–H groups in total. The van der Waals surface area contributed by atoms with Crippen LogP contribution in [0.15, 0.2) is 36.4 Å². The van der Waals surface area contributed by atoms with Gasteiger partial charge in [0, 0.05) is 42.3 Å². The molecular formula is C22H25N5O. The standard InChI is InChI=1S/C22H25N5O/c23-21-18-8-11-27(20-13-16(28)12-15-6-2-3-7-17(15)20)14-19(18)24-22(25-21)26-9-4-1-5-10-26/h2-3,6-7,12-13,28H,1,4-5,8-11,14H2,(H2,23,24,25). The van der Waals surface area contributed by atoms with E-state index in [-0.39, 0.29) is 5.75 Å². The summed E-state index contributed by atoms with van der Waals surface area (Å²) in [5.74, 6) is 1.67. The van der Waals surface area contributed by atoms with Crippen molar-refractivity contribution in [2.24, 2.45) is 0 Å². The minimum Gasteiger partial charge on any atom is -0.508 e. The highest BCUT2D eigenvalue weighted by molar-refractivity contribution is 5.95. The Morgan fingerprint density at radius 3 is 2.61 bits per heavy atom. The molecule has 0 unspecified atom stereocenters. The van der Waals surface area contributed by atoms with E-state index in [9.17, 15) is 5.11 Å². The third-order valence-electron chi connectivity index (χ3n) is 5.89. The van der Waals surface area contributed by atoms with E-state index < -0.39 is 0 Å². The molecule has 6 heteroatoms. The summed E-state index contributed by atoms with van der Waals surface area (Å²) in [6, 6.07) is 11.8. The van der Waals surface area contributed by atoms with Gasteiger partial charge in [-0.05, 0) is 37.1 Å². The van der Waals surface area contributed by atoms with Crippen LogP contribution in [0.25, 0.3) is 10.8 Å². The third kappa shape index (κ3) is 2.99. The zero-order chi connectivity index (χ0) is 19.1. The molecule has 2 aromatic carbocycles. The number of hydrogen-bond acceptors (Lipinski definition) is 6. The smallest absolute Gasteiger partial charge is 0.227 e. The van der Waals surface area contributed by atoms with Crippen molar-refractivity contribution >= 4 is 28.2 Å². The molecule has 3 aromatic rings. The van der Waals surface area contributed by atoms with Gasteiger partial charge in [-0.1, -0.05) is 24.3 Å². The maximum Gasteiger partial charge on any atom is 0.227 e. The maximum absolute atomic E-state index is 10.2. The SMILES string of the molecule is Nc1nc(N2CCCCC2)nc2c1CCN(c1cc(O)cc3ccccc13)C2. The first-order chi connectivity index (χ1) is 13.7. The van der Waals surface area contributed by atoms with Crippen molar-refractivity contribution in [1.82, 2.24) is 9.97 Å². The Morgan fingerprint density at radius 1 is 0.929 bits per heavy atom. The summed E-state index contributed by atoms with van der Waals surface area (Å²) in [5.41, 5.74) is 9.43. The van der Waals surface area contributed by atoms with Crippen LogP contribution in [0.1, 0.15) is 30.5 Å². The Kier molecular flexibility index (Phi) is 4.19. The van der Waals surface area contributed by atoms with E-state index in [1.54, 1.807) is 0 Å². The Labute approximate surface area is 164 Å². The fourth-order valence-corrected chi connectivity index (χ4v) is 4.42. The van der Waals surface area contributed by atoms with Gasteiger partial charge in [-0.25, -0.2) is 4.98 Å². The molecule has 3 heterocycles. The van der Waals surface area contributed by atoms with Gasteiger partial charge in [-0.2, -0.15) is 4.98 Å². The molecule has 0 atom stereocenters. The largest absolute Gasteiger partial charge is 0.508 e. The molecule has 1 fully saturated rings. The first kappa shape index (κ1) is 17.1. The predicted molar refractivity (Wildman–Crippen MR) is 113 cm³/mol. The number of hydrogen-bond donors (Lipinski definition) is 2. The molecule has 0 bridgehead atoms. The van der Waals surface area contributed by atoms with Crippen molar-refractivity contribution < 1.29 is 5.11 Å². The van der Waals surface area contributed by atoms with E-state index in [1.807, 2.05) is 30.3 Å². The summed E-state index contributed by atoms with van der Waals surface area (Å²) >= 11 is 0. The van der Waals surface area contributed by atoms with Gasteiger partial charge >= 0.3 is 0 Å². The van der Waals surface area contributed by atoms with Gasteiger partial charge < -0.3 is 20.6 Å². The number of nitrogens with zero attached hydrogens (tertiary/aromatic N) is 4. The van der Waals surface area contributed by atoms with Gasteiger partial charge in [0.15, 0.2) is 0 Å². The van der Waals surface area contributed by atoms with Crippen LogP contribution in [-0.4, -0.2) is 34.7 Å². The highest BCUT2D eigenvalue weighted by Gasteiger charge is 2.25. The average molecular weight is 375 g/mol. The van der Waals surface area contributed by atoms with Crippen LogP contribution < -0.4 is 15.5 Å². The second kappa shape index (κ2) is 6.86. The molecule has 0 radical (unpaired) electrons. The molecule has 0 aliphatic carbocycles. The predicted octanol–water partition coefficient (Wildman–Crippen LogP) is 3.47. The highest BCUT2D eigenvalue weighted by Crippen LogP contribution is 2.35. The molecule has 28 heavy (non-hydrogen) atoms. The van der Waals surface area contributed by atoms with Crippen molar-refractivity contribution in [2.75, 3.05) is 35.2 Å². The lowest BCUT2D eigenvalue weighted by Gasteiger charge is -2.33. The quantitative estimate of drug-likeness (QED) is 0.714. The van der Waals surface area contributed by atoms with E-state index in [4.69, 9.17) is 10.7 Å². The van der Waals surface area contributed by atoms with Gasteiger partial charge in [0.2, 0.25) is 5.95 Å². The maximum atomic E-state index is 10.2. The summed E-state index contributed by atoms with van der Waals surface area (Å²) in [4.78, 5) is 14.1. The molecule has 1 saturated heterocycles. The Hall–Kier alpha value is -3.02. The molecular weight excluding hydrogens is 350 g/mol. The van der Waals surface area contributed by atoms with E-state index >= 15 is 0 Å². The fraction of sp³-hybridized carbons (Fsp3) is 0.364. The first-order valence-electron chi connectivity index (χ1n) is 10.1. The van der Waals surface area contributed by atoms with Gasteiger partial charge in [0.1, 0.15) is 11.6 Å². The molecule has 5 rings (SSSR count). The van der Waals surface area contributed by atoms with Crippen LogP contribution in [0, 0.1) is 0 Å². The van der Waals surface area contributed by atoms with Crippen molar-refractivity contribution in [3.63, 3.8) is 0 Å². The number of rotatable bonds is 2. The molecule has 0 amide bonds. The van der Waals surface area contributed by atoms with Crippen LogP contribution in [-0.2, 0) is 13.0 Å². The second-order valence-corrected chi connectivity index (χ2v) is 7.74. The first-order valence-corrected chi connectivity index (χ1v) is 10.1.